The number of benzene rings is 1. The molecule has 0 aliphatic heterocycles. The first-order valence-corrected chi connectivity index (χ1v) is 8.30. The minimum atomic E-state index is -1.37. The van der Waals surface area contributed by atoms with Crippen LogP contribution in [0.1, 0.15) is 0 Å². The molecule has 1 aromatic heterocycles. The number of nitrogens with zero attached hydrogens (tertiary/aromatic N) is 2. The first kappa shape index (κ1) is 9.34. The number of fused-ring (bicyclic) bond motifs is 1. The summed E-state index contributed by atoms with van der Waals surface area (Å²) >= 11 is 0. The van der Waals surface area contributed by atoms with Gasteiger partial charge in [0.05, 0.1) is 5.52 Å². The van der Waals surface area contributed by atoms with E-state index in [0.717, 1.165) is 16.4 Å². The molecule has 0 N–H and O–H groups in total. The van der Waals surface area contributed by atoms with Gasteiger partial charge < -0.3 is 0 Å². The van der Waals surface area contributed by atoms with E-state index in [0.29, 0.717) is 0 Å². The lowest BCUT2D eigenvalue weighted by Crippen LogP contribution is -2.42. The highest BCUT2D eigenvalue weighted by Gasteiger charge is 2.19. The molecule has 0 bridgehead atoms. The summed E-state index contributed by atoms with van der Waals surface area (Å²) in [5.41, 5.74) is 2.09. The molecule has 0 fully saturated rings. The maximum absolute atomic E-state index is 4.60. The molecule has 14 heavy (non-hydrogen) atoms. The lowest BCUT2D eigenvalue weighted by molar-refractivity contribution is 1.27. The summed E-state index contributed by atoms with van der Waals surface area (Å²) in [7, 11) is -1.37. The Hall–Kier alpha value is -1.22. The van der Waals surface area contributed by atoms with E-state index >= 15 is 0 Å². The zero-order valence-corrected chi connectivity index (χ0v) is 9.78. The molecular formula is C11H14N2Si. The molecule has 1 aromatic carbocycles. The standard InChI is InChI=1S/C11H14N2Si/c1-14(2,3)11-12-8-9-6-4-5-7-10(9)13-11/h4-8H,1-3H3. The average Bonchev–Trinajstić information content (AvgIpc) is 2.16. The summed E-state index contributed by atoms with van der Waals surface area (Å²) in [6.07, 6.45) is 1.93. The van der Waals surface area contributed by atoms with Crippen LogP contribution >= 0.6 is 0 Å². The summed E-state index contributed by atoms with van der Waals surface area (Å²) in [6.45, 7) is 6.78. The summed E-state index contributed by atoms with van der Waals surface area (Å²) in [4.78, 5) is 9.03. The third-order valence-electron chi connectivity index (χ3n) is 2.16. The van der Waals surface area contributed by atoms with Crippen molar-refractivity contribution in [3.63, 3.8) is 0 Å². The molecule has 0 saturated carbocycles. The van der Waals surface area contributed by atoms with Gasteiger partial charge in [0, 0.05) is 11.6 Å². The second-order valence-electron chi connectivity index (χ2n) is 4.50. The van der Waals surface area contributed by atoms with Crippen LogP contribution in [0.2, 0.25) is 19.6 Å². The number of hydrogen-bond donors (Lipinski definition) is 0. The van der Waals surface area contributed by atoms with Crippen LogP contribution in [0.4, 0.5) is 0 Å². The molecule has 0 aliphatic carbocycles. The van der Waals surface area contributed by atoms with Gasteiger partial charge in [-0.05, 0) is 6.07 Å². The molecule has 1 heterocycles. The van der Waals surface area contributed by atoms with Crippen LogP contribution in [-0.4, -0.2) is 18.0 Å². The van der Waals surface area contributed by atoms with Crippen molar-refractivity contribution >= 4 is 24.4 Å². The Morgan fingerprint density at radius 3 is 2.50 bits per heavy atom. The summed E-state index contributed by atoms with van der Waals surface area (Å²) in [5, 5.41) is 1.12. The molecule has 0 aliphatic rings. The van der Waals surface area contributed by atoms with Gasteiger partial charge in [0.1, 0.15) is 13.5 Å². The lowest BCUT2D eigenvalue weighted by Gasteiger charge is -2.13. The van der Waals surface area contributed by atoms with Crippen molar-refractivity contribution in [2.45, 2.75) is 19.6 Å². The van der Waals surface area contributed by atoms with Crippen molar-refractivity contribution in [3.05, 3.63) is 30.5 Å². The predicted octanol–water partition coefficient (Wildman–Crippen LogP) is 2.17. The van der Waals surface area contributed by atoms with Crippen LogP contribution in [0, 0.1) is 0 Å². The van der Waals surface area contributed by atoms with Gasteiger partial charge in [-0.1, -0.05) is 37.8 Å². The Labute approximate surface area is 85.0 Å². The Morgan fingerprint density at radius 2 is 1.79 bits per heavy atom. The van der Waals surface area contributed by atoms with E-state index in [4.69, 9.17) is 0 Å². The smallest absolute Gasteiger partial charge is 0.125 e. The van der Waals surface area contributed by atoms with Crippen LogP contribution in [-0.2, 0) is 0 Å². The van der Waals surface area contributed by atoms with Gasteiger partial charge in [0.25, 0.3) is 0 Å². The van der Waals surface area contributed by atoms with Crippen molar-refractivity contribution in [1.29, 1.82) is 0 Å². The maximum Gasteiger partial charge on any atom is 0.125 e. The number of hydrogen-bond acceptors (Lipinski definition) is 2. The molecule has 0 saturated heterocycles. The summed E-state index contributed by atoms with van der Waals surface area (Å²) < 4.78 is 0. The maximum atomic E-state index is 4.60. The summed E-state index contributed by atoms with van der Waals surface area (Å²) in [6, 6.07) is 8.12. The highest BCUT2D eigenvalue weighted by molar-refractivity contribution is 6.87. The first-order chi connectivity index (χ1) is 6.57. The van der Waals surface area contributed by atoms with E-state index in [1.165, 1.54) is 0 Å². The molecule has 2 nitrogen and oxygen atoms in total. The Morgan fingerprint density at radius 1 is 1.07 bits per heavy atom. The third kappa shape index (κ3) is 1.68. The number of para-hydroxylation sites is 1. The fourth-order valence-corrected chi connectivity index (χ4v) is 2.24. The molecule has 2 aromatic rings. The van der Waals surface area contributed by atoms with E-state index in [1.807, 2.05) is 30.5 Å². The van der Waals surface area contributed by atoms with E-state index in [2.05, 4.69) is 29.6 Å². The normalized spacial score (nSPS) is 11.9. The number of aromatic nitrogens is 2. The molecule has 0 amide bonds. The monoisotopic (exact) mass is 202 g/mol. The fraction of sp³-hybridized carbons (Fsp3) is 0.273. The highest BCUT2D eigenvalue weighted by Crippen LogP contribution is 2.08. The molecule has 3 heteroatoms. The van der Waals surface area contributed by atoms with Crippen LogP contribution in [0.25, 0.3) is 10.9 Å². The first-order valence-electron chi connectivity index (χ1n) is 4.80. The molecule has 0 spiro atoms. The Balaban J connectivity index is 2.63. The van der Waals surface area contributed by atoms with Gasteiger partial charge in [-0.3, -0.25) is 0 Å². The van der Waals surface area contributed by atoms with Gasteiger partial charge in [0.15, 0.2) is 0 Å². The second kappa shape index (κ2) is 3.17. The fourth-order valence-electron chi connectivity index (χ4n) is 1.33. The quantitative estimate of drug-likeness (QED) is 0.662. The van der Waals surface area contributed by atoms with Crippen LogP contribution < -0.4 is 5.45 Å². The zero-order chi connectivity index (χ0) is 10.2. The number of rotatable bonds is 1. The SMILES string of the molecule is C[Si](C)(C)c1ncc2ccccc2n1. The summed E-state index contributed by atoms with van der Waals surface area (Å²) in [5.74, 6) is 0. The van der Waals surface area contributed by atoms with Crippen LogP contribution in [0.15, 0.2) is 30.5 Å². The second-order valence-corrected chi connectivity index (χ2v) is 9.45. The average molecular weight is 202 g/mol. The predicted molar refractivity (Wildman–Crippen MR) is 62.5 cm³/mol. The zero-order valence-electron chi connectivity index (χ0n) is 8.78. The van der Waals surface area contributed by atoms with Crippen LogP contribution in [0.3, 0.4) is 0 Å². The largest absolute Gasteiger partial charge is 0.246 e. The van der Waals surface area contributed by atoms with Gasteiger partial charge in [-0.2, -0.15) is 0 Å². The molecule has 72 valence electrons. The third-order valence-corrected chi connectivity index (χ3v) is 3.74. The van der Waals surface area contributed by atoms with Crippen molar-refractivity contribution < 1.29 is 0 Å². The van der Waals surface area contributed by atoms with E-state index < -0.39 is 8.07 Å². The lowest BCUT2D eigenvalue weighted by atomic mass is 10.2. The van der Waals surface area contributed by atoms with Gasteiger partial charge in [-0.25, -0.2) is 9.97 Å². The molecule has 0 atom stereocenters. The van der Waals surface area contributed by atoms with Crippen molar-refractivity contribution in [2.75, 3.05) is 0 Å². The van der Waals surface area contributed by atoms with Gasteiger partial charge >= 0.3 is 0 Å². The molecule has 0 unspecified atom stereocenters. The van der Waals surface area contributed by atoms with E-state index in [-0.39, 0.29) is 0 Å². The highest BCUT2D eigenvalue weighted by atomic mass is 28.3. The van der Waals surface area contributed by atoms with Crippen molar-refractivity contribution in [1.82, 2.24) is 9.97 Å². The minimum absolute atomic E-state index is 1.04. The topological polar surface area (TPSA) is 25.8 Å². The van der Waals surface area contributed by atoms with Crippen molar-refractivity contribution in [2.24, 2.45) is 0 Å². The molecule has 2 rings (SSSR count). The Kier molecular flexibility index (Phi) is 2.11. The van der Waals surface area contributed by atoms with Crippen molar-refractivity contribution in [3.8, 4) is 0 Å². The van der Waals surface area contributed by atoms with Gasteiger partial charge in [0.2, 0.25) is 0 Å². The van der Waals surface area contributed by atoms with Crippen LogP contribution in [0.5, 0.6) is 0 Å². The van der Waals surface area contributed by atoms with E-state index in [9.17, 15) is 0 Å². The van der Waals surface area contributed by atoms with E-state index in [1.54, 1.807) is 0 Å². The minimum Gasteiger partial charge on any atom is -0.246 e. The van der Waals surface area contributed by atoms with Gasteiger partial charge in [-0.15, -0.1) is 0 Å². The molecule has 0 radical (unpaired) electrons. The molecular weight excluding hydrogens is 188 g/mol. The Bertz CT molecular complexity index is 460.